The summed E-state index contributed by atoms with van der Waals surface area (Å²) in [5.74, 6) is 1.16. The number of benzene rings is 2. The van der Waals surface area contributed by atoms with Crippen molar-refractivity contribution in [3.63, 3.8) is 0 Å². The van der Waals surface area contributed by atoms with Crippen LogP contribution in [0.15, 0.2) is 48.5 Å². The lowest BCUT2D eigenvalue weighted by molar-refractivity contribution is -0.140. The van der Waals surface area contributed by atoms with Crippen LogP contribution >= 0.6 is 0 Å². The van der Waals surface area contributed by atoms with Crippen LogP contribution in [0.3, 0.4) is 0 Å². The van der Waals surface area contributed by atoms with Crippen molar-refractivity contribution >= 4 is 5.91 Å². The number of ether oxygens (including phenoxy) is 2. The normalized spacial score (nSPS) is 12.6. The van der Waals surface area contributed by atoms with E-state index in [1.807, 2.05) is 38.1 Å². The van der Waals surface area contributed by atoms with Gasteiger partial charge in [-0.1, -0.05) is 18.2 Å². The fraction of sp³-hybridized carbons (Fsp3) is 0.333. The summed E-state index contributed by atoms with van der Waals surface area (Å²) in [6.45, 7) is 6.21. The van der Waals surface area contributed by atoms with E-state index in [2.05, 4.69) is 6.07 Å². The molecule has 0 radical (unpaired) electrons. The average molecular weight is 352 g/mol. The quantitative estimate of drug-likeness (QED) is 0.757. The molecule has 0 N–H and O–H groups in total. The first-order valence-electron chi connectivity index (χ1n) is 8.61. The Hall–Kier alpha value is -3.00. The number of nitrogens with zero attached hydrogens (tertiary/aromatic N) is 2. The Kier molecular flexibility index (Phi) is 6.62. The molecular weight excluding hydrogens is 328 g/mol. The molecule has 0 heterocycles. The first kappa shape index (κ1) is 19.3. The molecule has 2 unspecified atom stereocenters. The Morgan fingerprint density at radius 1 is 1.15 bits per heavy atom. The number of hydrogen-bond acceptors (Lipinski definition) is 4. The summed E-state index contributed by atoms with van der Waals surface area (Å²) in [5, 5.41) is 8.98. The zero-order chi connectivity index (χ0) is 19.1. The summed E-state index contributed by atoms with van der Waals surface area (Å²) in [7, 11) is 1.62. The molecule has 5 nitrogen and oxygen atoms in total. The van der Waals surface area contributed by atoms with Gasteiger partial charge in [-0.2, -0.15) is 5.26 Å². The lowest BCUT2D eigenvalue weighted by Gasteiger charge is -2.31. The van der Waals surface area contributed by atoms with E-state index in [0.717, 1.165) is 11.3 Å². The first-order chi connectivity index (χ1) is 12.5. The zero-order valence-electron chi connectivity index (χ0n) is 15.6. The average Bonchev–Trinajstić information content (AvgIpc) is 2.68. The number of carbonyl (C=O) groups is 1. The van der Waals surface area contributed by atoms with Crippen LogP contribution in [0.1, 0.15) is 37.9 Å². The van der Waals surface area contributed by atoms with Gasteiger partial charge >= 0.3 is 0 Å². The Labute approximate surface area is 154 Å². The molecule has 0 aliphatic rings. The highest BCUT2D eigenvalue weighted by Crippen LogP contribution is 2.25. The highest BCUT2D eigenvalue weighted by atomic mass is 16.5. The van der Waals surface area contributed by atoms with Crippen LogP contribution in [0, 0.1) is 11.3 Å². The molecule has 2 aromatic carbocycles. The standard InChI is InChI=1S/C21H24N2O3/c1-5-23(15(2)18-9-7-10-19(13-18)25-4)21(24)16(3)26-20-11-6-8-17(12-20)14-22/h6-13,15-16H,5H2,1-4H3. The Morgan fingerprint density at radius 3 is 2.50 bits per heavy atom. The van der Waals surface area contributed by atoms with Gasteiger partial charge in [0.05, 0.1) is 24.8 Å². The van der Waals surface area contributed by atoms with E-state index in [9.17, 15) is 4.79 Å². The second kappa shape index (κ2) is 8.91. The van der Waals surface area contributed by atoms with E-state index in [1.54, 1.807) is 43.2 Å². The number of methoxy groups -OCH3 is 1. The zero-order valence-corrected chi connectivity index (χ0v) is 15.6. The largest absolute Gasteiger partial charge is 0.497 e. The third-order valence-corrected chi connectivity index (χ3v) is 4.29. The van der Waals surface area contributed by atoms with Crippen molar-refractivity contribution in [1.82, 2.24) is 4.90 Å². The molecule has 0 fully saturated rings. The molecule has 0 saturated heterocycles. The van der Waals surface area contributed by atoms with Crippen molar-refractivity contribution in [2.24, 2.45) is 0 Å². The number of carbonyl (C=O) groups excluding carboxylic acids is 1. The molecule has 5 heteroatoms. The van der Waals surface area contributed by atoms with Crippen LogP contribution in [-0.2, 0) is 4.79 Å². The number of hydrogen-bond donors (Lipinski definition) is 0. The van der Waals surface area contributed by atoms with Crippen LogP contribution in [0.5, 0.6) is 11.5 Å². The molecular formula is C21H24N2O3. The lowest BCUT2D eigenvalue weighted by Crippen LogP contribution is -2.41. The summed E-state index contributed by atoms with van der Waals surface area (Å²) >= 11 is 0. The van der Waals surface area contributed by atoms with Crippen molar-refractivity contribution < 1.29 is 14.3 Å². The molecule has 2 atom stereocenters. The monoisotopic (exact) mass is 352 g/mol. The van der Waals surface area contributed by atoms with Gasteiger partial charge in [0, 0.05) is 6.54 Å². The first-order valence-corrected chi connectivity index (χ1v) is 8.61. The third-order valence-electron chi connectivity index (χ3n) is 4.29. The molecule has 0 aliphatic heterocycles. The minimum absolute atomic E-state index is 0.106. The number of amides is 1. The van der Waals surface area contributed by atoms with Crippen LogP contribution < -0.4 is 9.47 Å². The maximum absolute atomic E-state index is 12.9. The maximum Gasteiger partial charge on any atom is 0.263 e. The predicted octanol–water partition coefficient (Wildman–Crippen LogP) is 3.94. The summed E-state index contributed by atoms with van der Waals surface area (Å²) in [6, 6.07) is 16.5. The fourth-order valence-electron chi connectivity index (χ4n) is 2.83. The van der Waals surface area contributed by atoms with Crippen LogP contribution in [0.25, 0.3) is 0 Å². The van der Waals surface area contributed by atoms with Crippen molar-refractivity contribution in [3.05, 3.63) is 59.7 Å². The number of rotatable bonds is 7. The van der Waals surface area contributed by atoms with E-state index >= 15 is 0 Å². The maximum atomic E-state index is 12.9. The van der Waals surface area contributed by atoms with Gasteiger partial charge in [0.15, 0.2) is 6.10 Å². The van der Waals surface area contributed by atoms with Gasteiger partial charge in [-0.3, -0.25) is 4.79 Å². The summed E-state index contributed by atoms with van der Waals surface area (Å²) in [5.41, 5.74) is 1.50. The molecule has 2 aromatic rings. The Morgan fingerprint density at radius 2 is 1.85 bits per heavy atom. The van der Waals surface area contributed by atoms with Gasteiger partial charge in [0.1, 0.15) is 11.5 Å². The minimum Gasteiger partial charge on any atom is -0.497 e. The molecule has 0 aliphatic carbocycles. The molecule has 136 valence electrons. The predicted molar refractivity (Wildman–Crippen MR) is 100 cm³/mol. The summed E-state index contributed by atoms with van der Waals surface area (Å²) < 4.78 is 11.0. The van der Waals surface area contributed by atoms with E-state index < -0.39 is 6.10 Å². The van der Waals surface area contributed by atoms with Gasteiger partial charge in [0.2, 0.25) is 0 Å². The third kappa shape index (κ3) is 4.54. The Bertz CT molecular complexity index is 798. The van der Waals surface area contributed by atoms with Gasteiger partial charge in [-0.05, 0) is 56.7 Å². The van der Waals surface area contributed by atoms with Crippen molar-refractivity contribution in [2.45, 2.75) is 32.9 Å². The van der Waals surface area contributed by atoms with Crippen molar-refractivity contribution in [1.29, 1.82) is 5.26 Å². The smallest absolute Gasteiger partial charge is 0.263 e. The highest BCUT2D eigenvalue weighted by molar-refractivity contribution is 5.81. The number of likely N-dealkylation sites (N-methyl/N-ethyl adjacent to an activating group) is 1. The van der Waals surface area contributed by atoms with Crippen molar-refractivity contribution in [2.75, 3.05) is 13.7 Å². The highest BCUT2D eigenvalue weighted by Gasteiger charge is 2.26. The van der Waals surface area contributed by atoms with Crippen LogP contribution in [-0.4, -0.2) is 30.6 Å². The second-order valence-electron chi connectivity index (χ2n) is 5.98. The lowest BCUT2D eigenvalue weighted by atomic mass is 10.1. The van der Waals surface area contributed by atoms with Gasteiger partial charge in [-0.15, -0.1) is 0 Å². The molecule has 0 aromatic heterocycles. The van der Waals surface area contributed by atoms with E-state index in [0.29, 0.717) is 17.9 Å². The fourth-order valence-corrected chi connectivity index (χ4v) is 2.83. The summed E-state index contributed by atoms with van der Waals surface area (Å²) in [6.07, 6.45) is -0.656. The molecule has 0 bridgehead atoms. The van der Waals surface area contributed by atoms with E-state index in [4.69, 9.17) is 14.7 Å². The topological polar surface area (TPSA) is 62.6 Å². The summed E-state index contributed by atoms with van der Waals surface area (Å²) in [4.78, 5) is 14.7. The molecule has 1 amide bonds. The minimum atomic E-state index is -0.656. The van der Waals surface area contributed by atoms with Gasteiger partial charge in [0.25, 0.3) is 5.91 Å². The SMILES string of the molecule is CCN(C(=O)C(C)Oc1cccc(C#N)c1)C(C)c1cccc(OC)c1. The van der Waals surface area contributed by atoms with Gasteiger partial charge in [-0.25, -0.2) is 0 Å². The number of nitriles is 1. The molecule has 0 spiro atoms. The van der Waals surface area contributed by atoms with Crippen LogP contribution in [0.4, 0.5) is 0 Å². The molecule has 2 rings (SSSR count). The second-order valence-corrected chi connectivity index (χ2v) is 5.98. The van der Waals surface area contributed by atoms with Crippen molar-refractivity contribution in [3.8, 4) is 17.6 Å². The van der Waals surface area contributed by atoms with Gasteiger partial charge < -0.3 is 14.4 Å². The van der Waals surface area contributed by atoms with E-state index in [1.165, 1.54) is 0 Å². The molecule has 26 heavy (non-hydrogen) atoms. The molecule has 0 saturated carbocycles. The van der Waals surface area contributed by atoms with E-state index in [-0.39, 0.29) is 11.9 Å². The Balaban J connectivity index is 2.14. The van der Waals surface area contributed by atoms with Crippen LogP contribution in [0.2, 0.25) is 0 Å².